The standard InChI is InChI=1S/C12H10N2OS2/c13-11(16)8-4-1-2-5-9(8)14-12(15)10-6-3-7-17-10/h1-7H,(H2,13,16)(H,14,15). The van der Waals surface area contributed by atoms with Gasteiger partial charge in [-0.1, -0.05) is 30.4 Å². The zero-order valence-electron chi connectivity index (χ0n) is 8.84. The van der Waals surface area contributed by atoms with Crippen LogP contribution in [0.3, 0.4) is 0 Å². The molecule has 3 nitrogen and oxygen atoms in total. The third kappa shape index (κ3) is 2.69. The van der Waals surface area contributed by atoms with Crippen LogP contribution >= 0.6 is 23.6 Å². The number of amides is 1. The largest absolute Gasteiger partial charge is 0.389 e. The Morgan fingerprint density at radius 3 is 2.65 bits per heavy atom. The number of thiocarbonyl (C=S) groups is 1. The number of rotatable bonds is 3. The second-order valence-corrected chi connectivity index (χ2v) is 4.73. The van der Waals surface area contributed by atoms with Gasteiger partial charge in [-0.2, -0.15) is 0 Å². The average molecular weight is 262 g/mol. The summed E-state index contributed by atoms with van der Waals surface area (Å²) in [5, 5.41) is 4.65. The molecule has 1 aromatic carbocycles. The van der Waals surface area contributed by atoms with Crippen LogP contribution in [-0.4, -0.2) is 10.9 Å². The fraction of sp³-hybridized carbons (Fsp3) is 0. The molecule has 5 heteroatoms. The molecule has 0 atom stereocenters. The molecule has 0 aliphatic heterocycles. The molecule has 17 heavy (non-hydrogen) atoms. The third-order valence-corrected chi connectivity index (χ3v) is 3.27. The van der Waals surface area contributed by atoms with Crippen LogP contribution < -0.4 is 11.1 Å². The molecule has 1 amide bonds. The highest BCUT2D eigenvalue weighted by Crippen LogP contribution is 2.17. The zero-order chi connectivity index (χ0) is 12.3. The Hall–Kier alpha value is -1.72. The van der Waals surface area contributed by atoms with E-state index in [1.165, 1.54) is 11.3 Å². The lowest BCUT2D eigenvalue weighted by atomic mass is 10.2. The lowest BCUT2D eigenvalue weighted by Crippen LogP contribution is -2.16. The van der Waals surface area contributed by atoms with Crippen LogP contribution in [0, 0.1) is 0 Å². The molecule has 1 heterocycles. The lowest BCUT2D eigenvalue weighted by Gasteiger charge is -2.08. The Labute approximate surface area is 108 Å². The highest BCUT2D eigenvalue weighted by Gasteiger charge is 2.10. The lowest BCUT2D eigenvalue weighted by molar-refractivity contribution is 0.103. The van der Waals surface area contributed by atoms with E-state index >= 15 is 0 Å². The molecule has 0 radical (unpaired) electrons. The van der Waals surface area contributed by atoms with Crippen molar-refractivity contribution in [2.75, 3.05) is 5.32 Å². The van der Waals surface area contributed by atoms with Crippen molar-refractivity contribution in [3.63, 3.8) is 0 Å². The molecule has 0 saturated carbocycles. The predicted octanol–water partition coefficient (Wildman–Crippen LogP) is 2.63. The van der Waals surface area contributed by atoms with E-state index in [9.17, 15) is 4.79 Å². The number of thiophene rings is 1. The van der Waals surface area contributed by atoms with Gasteiger partial charge in [-0.3, -0.25) is 4.79 Å². The Morgan fingerprint density at radius 1 is 1.24 bits per heavy atom. The van der Waals surface area contributed by atoms with Crippen LogP contribution in [0.25, 0.3) is 0 Å². The number of hydrogen-bond donors (Lipinski definition) is 2. The van der Waals surface area contributed by atoms with Gasteiger partial charge in [0, 0.05) is 5.56 Å². The molecule has 2 rings (SSSR count). The maximum absolute atomic E-state index is 11.9. The molecule has 0 bridgehead atoms. The molecule has 0 spiro atoms. The minimum Gasteiger partial charge on any atom is -0.389 e. The van der Waals surface area contributed by atoms with E-state index in [2.05, 4.69) is 5.32 Å². The molecule has 1 aromatic heterocycles. The molecule has 0 fully saturated rings. The highest BCUT2D eigenvalue weighted by atomic mass is 32.1. The number of hydrogen-bond acceptors (Lipinski definition) is 3. The van der Waals surface area contributed by atoms with Gasteiger partial charge in [0.2, 0.25) is 0 Å². The minimum absolute atomic E-state index is 0.149. The number of nitrogens with two attached hydrogens (primary N) is 1. The van der Waals surface area contributed by atoms with Crippen molar-refractivity contribution in [3.05, 3.63) is 52.2 Å². The van der Waals surface area contributed by atoms with Crippen molar-refractivity contribution >= 4 is 40.1 Å². The molecule has 0 unspecified atom stereocenters. The smallest absolute Gasteiger partial charge is 0.265 e. The quantitative estimate of drug-likeness (QED) is 0.836. The van der Waals surface area contributed by atoms with Gasteiger partial charge in [0.05, 0.1) is 10.6 Å². The Bertz CT molecular complexity index is 549. The molecular weight excluding hydrogens is 252 g/mol. The van der Waals surface area contributed by atoms with Crippen molar-refractivity contribution < 1.29 is 4.79 Å². The summed E-state index contributed by atoms with van der Waals surface area (Å²) in [7, 11) is 0. The first-order chi connectivity index (χ1) is 8.18. The summed E-state index contributed by atoms with van der Waals surface area (Å²) in [6.07, 6.45) is 0. The third-order valence-electron chi connectivity index (χ3n) is 2.19. The van der Waals surface area contributed by atoms with Gasteiger partial charge in [-0.05, 0) is 23.6 Å². The number of para-hydroxylation sites is 1. The first kappa shape index (κ1) is 11.8. The minimum atomic E-state index is -0.149. The van der Waals surface area contributed by atoms with Gasteiger partial charge in [0.1, 0.15) is 4.99 Å². The average Bonchev–Trinajstić information content (AvgIpc) is 2.83. The summed E-state index contributed by atoms with van der Waals surface area (Å²) in [5.41, 5.74) is 6.90. The van der Waals surface area contributed by atoms with Crippen molar-refractivity contribution in [2.24, 2.45) is 5.73 Å². The number of anilines is 1. The topological polar surface area (TPSA) is 55.1 Å². The Morgan fingerprint density at radius 2 is 2.00 bits per heavy atom. The van der Waals surface area contributed by atoms with Crippen LogP contribution in [0.2, 0.25) is 0 Å². The fourth-order valence-electron chi connectivity index (χ4n) is 1.40. The first-order valence-corrected chi connectivity index (χ1v) is 6.21. The molecule has 0 saturated heterocycles. The van der Waals surface area contributed by atoms with Gasteiger partial charge >= 0.3 is 0 Å². The highest BCUT2D eigenvalue weighted by molar-refractivity contribution is 7.80. The van der Waals surface area contributed by atoms with Crippen LogP contribution in [0.5, 0.6) is 0 Å². The van der Waals surface area contributed by atoms with E-state index < -0.39 is 0 Å². The first-order valence-electron chi connectivity index (χ1n) is 4.92. The maximum atomic E-state index is 11.9. The van der Waals surface area contributed by atoms with Crippen LogP contribution in [0.1, 0.15) is 15.2 Å². The predicted molar refractivity (Wildman–Crippen MR) is 74.6 cm³/mol. The van der Waals surface area contributed by atoms with Crippen molar-refractivity contribution in [2.45, 2.75) is 0 Å². The normalized spacial score (nSPS) is 9.88. The van der Waals surface area contributed by atoms with Crippen molar-refractivity contribution in [1.29, 1.82) is 0 Å². The molecule has 0 aliphatic rings. The summed E-state index contributed by atoms with van der Waals surface area (Å²) in [6, 6.07) is 10.8. The summed E-state index contributed by atoms with van der Waals surface area (Å²) in [6.45, 7) is 0. The maximum Gasteiger partial charge on any atom is 0.265 e. The van der Waals surface area contributed by atoms with Crippen LogP contribution in [0.4, 0.5) is 5.69 Å². The van der Waals surface area contributed by atoms with E-state index in [1.807, 2.05) is 23.6 Å². The van der Waals surface area contributed by atoms with E-state index in [4.69, 9.17) is 18.0 Å². The van der Waals surface area contributed by atoms with E-state index in [0.717, 1.165) is 0 Å². The Balaban J connectivity index is 2.25. The molecule has 3 N–H and O–H groups in total. The number of nitrogens with one attached hydrogen (secondary N) is 1. The SMILES string of the molecule is NC(=S)c1ccccc1NC(=O)c1cccs1. The summed E-state index contributed by atoms with van der Waals surface area (Å²) in [4.78, 5) is 12.8. The molecular formula is C12H10N2OS2. The van der Waals surface area contributed by atoms with Gasteiger partial charge in [0.25, 0.3) is 5.91 Å². The number of benzene rings is 1. The number of carbonyl (C=O) groups excluding carboxylic acids is 1. The fourth-order valence-corrected chi connectivity index (χ4v) is 2.20. The molecule has 2 aromatic rings. The number of carbonyl (C=O) groups is 1. The van der Waals surface area contributed by atoms with E-state index in [1.54, 1.807) is 18.2 Å². The van der Waals surface area contributed by atoms with Gasteiger partial charge in [0.15, 0.2) is 0 Å². The van der Waals surface area contributed by atoms with Crippen molar-refractivity contribution in [1.82, 2.24) is 0 Å². The van der Waals surface area contributed by atoms with Gasteiger partial charge in [-0.25, -0.2) is 0 Å². The van der Waals surface area contributed by atoms with Crippen molar-refractivity contribution in [3.8, 4) is 0 Å². The van der Waals surface area contributed by atoms with E-state index in [0.29, 0.717) is 16.1 Å². The summed E-state index contributed by atoms with van der Waals surface area (Å²) in [5.74, 6) is -0.149. The van der Waals surface area contributed by atoms with E-state index in [-0.39, 0.29) is 10.9 Å². The Kier molecular flexibility index (Phi) is 3.51. The van der Waals surface area contributed by atoms with Crippen LogP contribution in [-0.2, 0) is 0 Å². The summed E-state index contributed by atoms with van der Waals surface area (Å²) >= 11 is 6.32. The molecule has 86 valence electrons. The summed E-state index contributed by atoms with van der Waals surface area (Å²) < 4.78 is 0. The molecule has 0 aliphatic carbocycles. The van der Waals surface area contributed by atoms with Crippen LogP contribution in [0.15, 0.2) is 41.8 Å². The zero-order valence-corrected chi connectivity index (χ0v) is 10.5. The monoisotopic (exact) mass is 262 g/mol. The van der Waals surface area contributed by atoms with Gasteiger partial charge < -0.3 is 11.1 Å². The second kappa shape index (κ2) is 5.07. The second-order valence-electron chi connectivity index (χ2n) is 3.34. The van der Waals surface area contributed by atoms with Gasteiger partial charge in [-0.15, -0.1) is 11.3 Å².